The molecule has 0 aliphatic heterocycles. The number of anilines is 1. The fraction of sp³-hybridized carbons (Fsp3) is 0.467. The normalized spacial score (nSPS) is 18.0. The van der Waals surface area contributed by atoms with Crippen molar-refractivity contribution in [2.45, 2.75) is 32.1 Å². The van der Waals surface area contributed by atoms with Gasteiger partial charge < -0.3 is 10.4 Å². The Morgan fingerprint density at radius 1 is 1.30 bits per heavy atom. The van der Waals surface area contributed by atoms with E-state index in [0.717, 1.165) is 47.5 Å². The summed E-state index contributed by atoms with van der Waals surface area (Å²) in [4.78, 5) is 16.1. The van der Waals surface area contributed by atoms with Crippen LogP contribution in [0.5, 0.6) is 0 Å². The number of nitrogens with zero attached hydrogens (tertiary/aromatic N) is 1. The third-order valence-electron chi connectivity index (χ3n) is 4.14. The lowest BCUT2D eigenvalue weighted by Crippen LogP contribution is -2.39. The number of fused-ring (bicyclic) bond motifs is 1. The molecule has 3 rings (SSSR count). The van der Waals surface area contributed by atoms with Gasteiger partial charge in [-0.15, -0.1) is 0 Å². The Labute approximate surface area is 121 Å². The topological polar surface area (TPSA) is 62.2 Å². The molecule has 0 amide bonds. The number of aliphatic carboxylic acids is 1. The Balaban J connectivity index is 1.75. The van der Waals surface area contributed by atoms with E-state index >= 15 is 0 Å². The van der Waals surface area contributed by atoms with E-state index in [2.05, 4.69) is 10.3 Å². The fourth-order valence-electron chi connectivity index (χ4n) is 2.89. The van der Waals surface area contributed by atoms with Gasteiger partial charge in [-0.25, -0.2) is 4.98 Å². The predicted octanol–water partition coefficient (Wildman–Crippen LogP) is 3.74. The molecule has 0 atom stereocenters. The van der Waals surface area contributed by atoms with Crippen LogP contribution >= 0.6 is 11.3 Å². The van der Waals surface area contributed by atoms with E-state index in [4.69, 9.17) is 0 Å². The van der Waals surface area contributed by atoms with Gasteiger partial charge in [-0.2, -0.15) is 0 Å². The molecule has 4 nitrogen and oxygen atoms in total. The highest BCUT2D eigenvalue weighted by molar-refractivity contribution is 7.22. The molecule has 1 aliphatic carbocycles. The summed E-state index contributed by atoms with van der Waals surface area (Å²) in [6.45, 7) is 0.474. The number of hydrogen-bond donors (Lipinski definition) is 2. The molecular formula is C15H18N2O2S. The van der Waals surface area contributed by atoms with Crippen LogP contribution < -0.4 is 5.32 Å². The number of hydrogen-bond acceptors (Lipinski definition) is 4. The molecule has 106 valence electrons. The number of rotatable bonds is 4. The lowest BCUT2D eigenvalue weighted by Gasteiger charge is -2.33. The highest BCUT2D eigenvalue weighted by atomic mass is 32.1. The van der Waals surface area contributed by atoms with E-state index in [1.54, 1.807) is 11.3 Å². The largest absolute Gasteiger partial charge is 0.481 e. The fourth-order valence-corrected chi connectivity index (χ4v) is 3.75. The number of thiazole rings is 1. The van der Waals surface area contributed by atoms with Gasteiger partial charge in [0, 0.05) is 6.54 Å². The Hall–Kier alpha value is -1.62. The molecule has 0 bridgehead atoms. The molecule has 20 heavy (non-hydrogen) atoms. The molecule has 1 fully saturated rings. The number of nitrogens with one attached hydrogen (secondary N) is 1. The molecule has 1 aromatic carbocycles. The standard InChI is InChI=1S/C15H18N2O2S/c18-13(19)15(8-4-1-5-9-15)10-16-14-17-11-6-2-3-7-12(11)20-14/h2-3,6-7H,1,4-5,8-10H2,(H,16,17)(H,18,19). The van der Waals surface area contributed by atoms with Crippen LogP contribution in [0.4, 0.5) is 5.13 Å². The van der Waals surface area contributed by atoms with Crippen LogP contribution in [-0.2, 0) is 4.79 Å². The van der Waals surface area contributed by atoms with Gasteiger partial charge >= 0.3 is 5.97 Å². The molecule has 1 aliphatic rings. The second-order valence-corrected chi connectivity index (χ2v) is 6.52. The molecule has 1 saturated carbocycles. The first-order valence-corrected chi connectivity index (χ1v) is 7.84. The van der Waals surface area contributed by atoms with E-state index < -0.39 is 11.4 Å². The van der Waals surface area contributed by atoms with Crippen molar-refractivity contribution in [3.05, 3.63) is 24.3 Å². The summed E-state index contributed by atoms with van der Waals surface area (Å²) in [5.41, 5.74) is 0.351. The van der Waals surface area contributed by atoms with Gasteiger partial charge in [-0.3, -0.25) is 4.79 Å². The maximum Gasteiger partial charge on any atom is 0.311 e. The van der Waals surface area contributed by atoms with E-state index in [1.807, 2.05) is 24.3 Å². The predicted molar refractivity (Wildman–Crippen MR) is 81.3 cm³/mol. The van der Waals surface area contributed by atoms with Gasteiger partial charge in [0.05, 0.1) is 15.6 Å². The van der Waals surface area contributed by atoms with Crippen molar-refractivity contribution in [2.24, 2.45) is 5.41 Å². The molecule has 0 spiro atoms. The van der Waals surface area contributed by atoms with Gasteiger partial charge in [0.25, 0.3) is 0 Å². The summed E-state index contributed by atoms with van der Waals surface area (Å²) in [6, 6.07) is 7.96. The van der Waals surface area contributed by atoms with Gasteiger partial charge in [-0.1, -0.05) is 42.7 Å². The van der Waals surface area contributed by atoms with Crippen molar-refractivity contribution in [2.75, 3.05) is 11.9 Å². The van der Waals surface area contributed by atoms with Crippen LogP contribution in [0.1, 0.15) is 32.1 Å². The molecule has 2 aromatic rings. The van der Waals surface area contributed by atoms with E-state index in [0.29, 0.717) is 6.54 Å². The smallest absolute Gasteiger partial charge is 0.311 e. The van der Waals surface area contributed by atoms with Crippen LogP contribution in [0.2, 0.25) is 0 Å². The van der Waals surface area contributed by atoms with Gasteiger partial charge in [0.1, 0.15) is 0 Å². The molecule has 1 heterocycles. The van der Waals surface area contributed by atoms with Crippen LogP contribution in [0.15, 0.2) is 24.3 Å². The zero-order chi connectivity index (χ0) is 14.0. The van der Waals surface area contributed by atoms with Crippen molar-refractivity contribution in [3.63, 3.8) is 0 Å². The number of para-hydroxylation sites is 1. The van der Waals surface area contributed by atoms with Crippen LogP contribution in [0.25, 0.3) is 10.2 Å². The molecule has 0 radical (unpaired) electrons. The summed E-state index contributed by atoms with van der Waals surface area (Å²) in [5, 5.41) is 13.6. The molecule has 5 heteroatoms. The summed E-state index contributed by atoms with van der Waals surface area (Å²) in [5.74, 6) is -0.675. The first-order chi connectivity index (χ1) is 9.70. The summed E-state index contributed by atoms with van der Waals surface area (Å²) in [6.07, 6.45) is 4.69. The molecule has 1 aromatic heterocycles. The number of carboxylic acid groups (broad SMARTS) is 1. The van der Waals surface area contributed by atoms with Crippen molar-refractivity contribution in [1.82, 2.24) is 4.98 Å². The molecule has 0 saturated heterocycles. The Bertz CT molecular complexity index is 584. The Morgan fingerprint density at radius 2 is 2.05 bits per heavy atom. The average Bonchev–Trinajstić information content (AvgIpc) is 2.89. The third kappa shape index (κ3) is 2.50. The first-order valence-electron chi connectivity index (χ1n) is 7.02. The molecule has 0 unspecified atom stereocenters. The third-order valence-corrected chi connectivity index (χ3v) is 5.13. The van der Waals surface area contributed by atoms with Crippen LogP contribution in [0, 0.1) is 5.41 Å². The summed E-state index contributed by atoms with van der Waals surface area (Å²) >= 11 is 1.58. The van der Waals surface area contributed by atoms with Gasteiger partial charge in [0.15, 0.2) is 5.13 Å². The second kappa shape index (κ2) is 5.40. The number of carboxylic acids is 1. The van der Waals surface area contributed by atoms with Crippen molar-refractivity contribution in [1.29, 1.82) is 0 Å². The quantitative estimate of drug-likeness (QED) is 0.900. The zero-order valence-corrected chi connectivity index (χ0v) is 12.1. The molecule has 2 N–H and O–H groups in total. The molecular weight excluding hydrogens is 272 g/mol. The van der Waals surface area contributed by atoms with Crippen LogP contribution in [0.3, 0.4) is 0 Å². The van der Waals surface area contributed by atoms with E-state index in [9.17, 15) is 9.90 Å². The van der Waals surface area contributed by atoms with Gasteiger partial charge in [-0.05, 0) is 25.0 Å². The monoisotopic (exact) mass is 290 g/mol. The van der Waals surface area contributed by atoms with Crippen LogP contribution in [-0.4, -0.2) is 22.6 Å². The minimum atomic E-state index is -0.675. The van der Waals surface area contributed by atoms with Crippen molar-refractivity contribution < 1.29 is 9.90 Å². The number of aromatic nitrogens is 1. The van der Waals surface area contributed by atoms with E-state index in [1.165, 1.54) is 0 Å². The number of carbonyl (C=O) groups is 1. The average molecular weight is 290 g/mol. The van der Waals surface area contributed by atoms with Gasteiger partial charge in [0.2, 0.25) is 0 Å². The number of benzene rings is 1. The van der Waals surface area contributed by atoms with E-state index in [-0.39, 0.29) is 0 Å². The Kier molecular flexibility index (Phi) is 3.61. The Morgan fingerprint density at radius 3 is 2.75 bits per heavy atom. The summed E-state index contributed by atoms with van der Waals surface area (Å²) < 4.78 is 1.13. The first kappa shape index (κ1) is 13.4. The lowest BCUT2D eigenvalue weighted by molar-refractivity contribution is -0.150. The highest BCUT2D eigenvalue weighted by Gasteiger charge is 2.39. The maximum atomic E-state index is 11.6. The summed E-state index contributed by atoms with van der Waals surface area (Å²) in [7, 11) is 0. The van der Waals surface area contributed by atoms with Crippen molar-refractivity contribution >= 4 is 32.7 Å². The highest BCUT2D eigenvalue weighted by Crippen LogP contribution is 2.37. The van der Waals surface area contributed by atoms with Crippen molar-refractivity contribution in [3.8, 4) is 0 Å². The minimum absolute atomic E-state index is 0.474. The lowest BCUT2D eigenvalue weighted by atomic mass is 9.74. The zero-order valence-electron chi connectivity index (χ0n) is 11.3. The maximum absolute atomic E-state index is 11.6. The SMILES string of the molecule is O=C(O)C1(CNc2nc3ccccc3s2)CCCCC1. The second-order valence-electron chi connectivity index (χ2n) is 5.49. The minimum Gasteiger partial charge on any atom is -0.481 e.